The molecule has 0 bridgehead atoms. The predicted molar refractivity (Wildman–Crippen MR) is 79.9 cm³/mol. The molecule has 104 valence electrons. The van der Waals surface area contributed by atoms with Crippen molar-refractivity contribution in [3.63, 3.8) is 0 Å². The molecule has 2 nitrogen and oxygen atoms in total. The van der Waals surface area contributed by atoms with Crippen molar-refractivity contribution in [2.45, 2.75) is 59.7 Å². The first-order valence-corrected chi connectivity index (χ1v) is 7.63. The van der Waals surface area contributed by atoms with Gasteiger partial charge in [0.05, 0.1) is 6.10 Å². The van der Waals surface area contributed by atoms with Gasteiger partial charge in [-0.25, -0.2) is 0 Å². The molecule has 0 spiro atoms. The van der Waals surface area contributed by atoms with Crippen molar-refractivity contribution in [3.8, 4) is 0 Å². The Labute approximate surface area is 116 Å². The number of rotatable bonds is 6. The minimum Gasteiger partial charge on any atom is -0.393 e. The Hall–Kier alpha value is -0.380. The molecule has 18 heavy (non-hydrogen) atoms. The number of aliphatic hydroxyl groups excluding tert-OH is 1. The highest BCUT2D eigenvalue weighted by Crippen LogP contribution is 2.22. The average molecular weight is 269 g/mol. The summed E-state index contributed by atoms with van der Waals surface area (Å²) >= 11 is 1.80. The van der Waals surface area contributed by atoms with Crippen molar-refractivity contribution in [1.29, 1.82) is 0 Å². The summed E-state index contributed by atoms with van der Waals surface area (Å²) < 4.78 is 0. The normalized spacial score (nSPS) is 14.4. The molecule has 1 rings (SSSR count). The van der Waals surface area contributed by atoms with Crippen LogP contribution in [0.3, 0.4) is 0 Å². The van der Waals surface area contributed by atoms with Crippen LogP contribution in [0.2, 0.25) is 0 Å². The third kappa shape index (κ3) is 5.09. The predicted octanol–water partition coefficient (Wildman–Crippen LogP) is 3.76. The minimum absolute atomic E-state index is 0.0222. The molecule has 0 saturated carbocycles. The lowest BCUT2D eigenvalue weighted by atomic mass is 9.87. The fraction of sp³-hybridized carbons (Fsp3) is 0.733. The lowest BCUT2D eigenvalue weighted by Crippen LogP contribution is -2.35. The van der Waals surface area contributed by atoms with E-state index in [-0.39, 0.29) is 11.5 Å². The monoisotopic (exact) mass is 269 g/mol. The zero-order valence-corrected chi connectivity index (χ0v) is 13.1. The summed E-state index contributed by atoms with van der Waals surface area (Å²) in [6.07, 6.45) is 0.606. The average Bonchev–Trinajstić information content (AvgIpc) is 2.74. The van der Waals surface area contributed by atoms with Crippen molar-refractivity contribution in [1.82, 2.24) is 4.90 Å². The zero-order chi connectivity index (χ0) is 13.8. The van der Waals surface area contributed by atoms with Crippen molar-refractivity contribution >= 4 is 11.3 Å². The quantitative estimate of drug-likeness (QED) is 0.850. The van der Waals surface area contributed by atoms with Gasteiger partial charge < -0.3 is 5.11 Å². The molecule has 0 aliphatic carbocycles. The number of nitrogens with zero attached hydrogens (tertiary/aromatic N) is 1. The summed E-state index contributed by atoms with van der Waals surface area (Å²) in [5, 5.41) is 12.2. The van der Waals surface area contributed by atoms with E-state index in [1.165, 1.54) is 4.88 Å². The van der Waals surface area contributed by atoms with Crippen LogP contribution in [0, 0.1) is 5.41 Å². The highest BCUT2D eigenvalue weighted by molar-refractivity contribution is 7.09. The fourth-order valence-electron chi connectivity index (χ4n) is 1.84. The van der Waals surface area contributed by atoms with Gasteiger partial charge in [0.2, 0.25) is 0 Å². The maximum atomic E-state index is 10.1. The maximum absolute atomic E-state index is 10.1. The van der Waals surface area contributed by atoms with Crippen LogP contribution in [-0.4, -0.2) is 28.7 Å². The molecule has 0 aliphatic heterocycles. The lowest BCUT2D eigenvalue weighted by molar-refractivity contribution is 0.0413. The molecule has 1 aromatic heterocycles. The Morgan fingerprint density at radius 3 is 2.44 bits per heavy atom. The van der Waals surface area contributed by atoms with Crippen LogP contribution in [0.4, 0.5) is 0 Å². The molecule has 0 fully saturated rings. The second-order valence-corrected chi connectivity index (χ2v) is 7.35. The Morgan fingerprint density at radius 2 is 2.00 bits per heavy atom. The number of thiophene rings is 1. The van der Waals surface area contributed by atoms with E-state index in [1.54, 1.807) is 11.3 Å². The summed E-state index contributed by atoms with van der Waals surface area (Å²) in [6.45, 7) is 12.7. The fourth-order valence-corrected chi connectivity index (χ4v) is 2.57. The summed E-state index contributed by atoms with van der Waals surface area (Å²) in [7, 11) is 0. The van der Waals surface area contributed by atoms with Crippen LogP contribution in [0.15, 0.2) is 17.5 Å². The molecular weight excluding hydrogens is 242 g/mol. The largest absolute Gasteiger partial charge is 0.393 e. The van der Waals surface area contributed by atoms with Gasteiger partial charge in [-0.3, -0.25) is 4.90 Å². The van der Waals surface area contributed by atoms with Crippen LogP contribution in [0.5, 0.6) is 0 Å². The van der Waals surface area contributed by atoms with Crippen LogP contribution >= 0.6 is 11.3 Å². The summed E-state index contributed by atoms with van der Waals surface area (Å²) in [5.74, 6) is 0. The van der Waals surface area contributed by atoms with E-state index in [0.717, 1.165) is 19.5 Å². The highest BCUT2D eigenvalue weighted by atomic mass is 32.1. The van der Waals surface area contributed by atoms with Gasteiger partial charge in [0.15, 0.2) is 0 Å². The third-order valence-electron chi connectivity index (χ3n) is 3.36. The Bertz CT molecular complexity index is 327. The molecule has 0 aromatic carbocycles. The van der Waals surface area contributed by atoms with Crippen LogP contribution in [0.1, 0.15) is 45.9 Å². The molecule has 1 N–H and O–H groups in total. The van der Waals surface area contributed by atoms with Gasteiger partial charge in [-0.2, -0.15) is 0 Å². The molecule has 1 heterocycles. The van der Waals surface area contributed by atoms with Gasteiger partial charge in [-0.15, -0.1) is 11.3 Å². The molecule has 1 unspecified atom stereocenters. The van der Waals surface area contributed by atoms with Gasteiger partial charge in [0.25, 0.3) is 0 Å². The second-order valence-electron chi connectivity index (χ2n) is 6.31. The number of hydrogen-bond acceptors (Lipinski definition) is 3. The van der Waals surface area contributed by atoms with Gasteiger partial charge in [-0.05, 0) is 37.1 Å². The van der Waals surface area contributed by atoms with Crippen molar-refractivity contribution in [2.24, 2.45) is 5.41 Å². The number of hydrogen-bond donors (Lipinski definition) is 1. The summed E-state index contributed by atoms with van der Waals surface area (Å²) in [6, 6.07) is 4.79. The van der Waals surface area contributed by atoms with Gasteiger partial charge in [0, 0.05) is 24.0 Å². The first kappa shape index (κ1) is 15.7. The van der Waals surface area contributed by atoms with Crippen molar-refractivity contribution < 1.29 is 5.11 Å². The smallest absolute Gasteiger partial charge is 0.0600 e. The first-order chi connectivity index (χ1) is 8.30. The van der Waals surface area contributed by atoms with E-state index < -0.39 is 0 Å². The van der Waals surface area contributed by atoms with Gasteiger partial charge in [-0.1, -0.05) is 26.8 Å². The molecule has 0 aliphatic rings. The minimum atomic E-state index is -0.234. The van der Waals surface area contributed by atoms with Crippen LogP contribution in [-0.2, 0) is 6.54 Å². The molecule has 1 aromatic rings. The molecular formula is C15H27NOS. The Kier molecular flexibility index (Phi) is 5.83. The van der Waals surface area contributed by atoms with E-state index in [0.29, 0.717) is 6.04 Å². The molecule has 0 radical (unpaired) electrons. The van der Waals surface area contributed by atoms with Crippen LogP contribution in [0.25, 0.3) is 0 Å². The highest BCUT2D eigenvalue weighted by Gasteiger charge is 2.23. The standard InChI is InChI=1S/C15H27NOS/c1-12(2)16(11-13-7-6-10-18-13)9-8-14(17)15(3,4)5/h6-7,10,12,14,17H,8-9,11H2,1-5H3. The van der Waals surface area contributed by atoms with Gasteiger partial charge in [0.1, 0.15) is 0 Å². The Balaban J connectivity index is 2.49. The Morgan fingerprint density at radius 1 is 1.33 bits per heavy atom. The van der Waals surface area contributed by atoms with E-state index in [9.17, 15) is 5.11 Å². The molecule has 0 saturated heterocycles. The van der Waals surface area contributed by atoms with E-state index in [2.05, 4.69) is 57.0 Å². The summed E-state index contributed by atoms with van der Waals surface area (Å²) in [4.78, 5) is 3.83. The van der Waals surface area contributed by atoms with Crippen molar-refractivity contribution in [3.05, 3.63) is 22.4 Å². The van der Waals surface area contributed by atoms with E-state index in [1.807, 2.05) is 0 Å². The third-order valence-corrected chi connectivity index (χ3v) is 4.22. The van der Waals surface area contributed by atoms with Crippen molar-refractivity contribution in [2.75, 3.05) is 6.54 Å². The lowest BCUT2D eigenvalue weighted by Gasteiger charge is -2.31. The molecule has 1 atom stereocenters. The first-order valence-electron chi connectivity index (χ1n) is 6.75. The zero-order valence-electron chi connectivity index (χ0n) is 12.3. The molecule has 3 heteroatoms. The SMILES string of the molecule is CC(C)N(CCC(O)C(C)(C)C)Cc1cccs1. The maximum Gasteiger partial charge on any atom is 0.0600 e. The number of aliphatic hydroxyl groups is 1. The van der Waals surface area contributed by atoms with E-state index >= 15 is 0 Å². The van der Waals surface area contributed by atoms with Gasteiger partial charge >= 0.3 is 0 Å². The topological polar surface area (TPSA) is 23.5 Å². The second kappa shape index (κ2) is 6.69. The van der Waals surface area contributed by atoms with Crippen LogP contribution < -0.4 is 0 Å². The molecule has 0 amide bonds. The van der Waals surface area contributed by atoms with E-state index in [4.69, 9.17) is 0 Å². The summed E-state index contributed by atoms with van der Waals surface area (Å²) in [5.41, 5.74) is -0.0222.